The number of aromatic nitrogens is 1. The van der Waals surface area contributed by atoms with Gasteiger partial charge in [-0.2, -0.15) is 9.37 Å². The molecule has 1 fully saturated rings. The number of carbonyl (C=O) groups is 1. The Hall–Kier alpha value is -1.65. The van der Waals surface area contributed by atoms with Crippen LogP contribution in [0.25, 0.3) is 0 Å². The molecular weight excluding hydrogens is 271 g/mol. The Kier molecular flexibility index (Phi) is 5.53. The molecule has 0 aromatic carbocycles. The molecule has 1 aromatic rings. The first-order valence-electron chi connectivity index (χ1n) is 7.61. The molecule has 1 aliphatic heterocycles. The van der Waals surface area contributed by atoms with E-state index in [9.17, 15) is 9.18 Å². The average Bonchev–Trinajstić information content (AvgIpc) is 2.45. The van der Waals surface area contributed by atoms with Gasteiger partial charge in [0.1, 0.15) is 6.10 Å². The zero-order valence-electron chi connectivity index (χ0n) is 12.7. The van der Waals surface area contributed by atoms with Crippen molar-refractivity contribution in [2.75, 3.05) is 13.1 Å². The van der Waals surface area contributed by atoms with Crippen molar-refractivity contribution < 1.29 is 13.9 Å². The second kappa shape index (κ2) is 7.38. The third kappa shape index (κ3) is 4.99. The Morgan fingerprint density at radius 3 is 2.76 bits per heavy atom. The van der Waals surface area contributed by atoms with Crippen LogP contribution in [-0.4, -0.2) is 35.0 Å². The van der Waals surface area contributed by atoms with Crippen LogP contribution in [0.3, 0.4) is 0 Å². The second-order valence-electron chi connectivity index (χ2n) is 5.93. The summed E-state index contributed by atoms with van der Waals surface area (Å²) in [7, 11) is 0. The van der Waals surface area contributed by atoms with Crippen LogP contribution in [-0.2, 0) is 4.79 Å². The third-order valence-electron chi connectivity index (χ3n) is 3.71. The number of ether oxygens (including phenoxy) is 1. The number of hydrogen-bond donors (Lipinski definition) is 0. The number of rotatable bonds is 5. The lowest BCUT2D eigenvalue weighted by molar-refractivity contribution is -0.133. The lowest BCUT2D eigenvalue weighted by atomic mass is 10.0. The van der Waals surface area contributed by atoms with Crippen LogP contribution in [0.15, 0.2) is 18.2 Å². The molecule has 1 aromatic heterocycles. The summed E-state index contributed by atoms with van der Waals surface area (Å²) in [5.41, 5.74) is 0. The van der Waals surface area contributed by atoms with E-state index in [1.54, 1.807) is 12.1 Å². The maximum atomic E-state index is 13.0. The van der Waals surface area contributed by atoms with Gasteiger partial charge in [-0.15, -0.1) is 0 Å². The van der Waals surface area contributed by atoms with E-state index in [0.29, 0.717) is 31.3 Å². The summed E-state index contributed by atoms with van der Waals surface area (Å²) in [6.07, 6.45) is 3.10. The molecule has 2 rings (SSSR count). The summed E-state index contributed by atoms with van der Waals surface area (Å²) in [4.78, 5) is 17.6. The second-order valence-corrected chi connectivity index (χ2v) is 5.93. The zero-order valence-corrected chi connectivity index (χ0v) is 12.7. The van der Waals surface area contributed by atoms with Gasteiger partial charge in [-0.1, -0.05) is 19.9 Å². The molecule has 2 heterocycles. The van der Waals surface area contributed by atoms with Crippen LogP contribution in [0.4, 0.5) is 4.39 Å². The molecule has 0 spiro atoms. The first-order valence-corrected chi connectivity index (χ1v) is 7.61. The molecule has 1 amide bonds. The van der Waals surface area contributed by atoms with E-state index < -0.39 is 5.95 Å². The van der Waals surface area contributed by atoms with Crippen LogP contribution in [0.2, 0.25) is 0 Å². The molecule has 0 aliphatic carbocycles. The van der Waals surface area contributed by atoms with Gasteiger partial charge in [0.05, 0.1) is 0 Å². The molecule has 0 bridgehead atoms. The minimum absolute atomic E-state index is 0.00782. The SMILES string of the molecule is CC(C)CCC(=O)N1CCC(Oc2cccc(F)n2)CC1. The van der Waals surface area contributed by atoms with Gasteiger partial charge in [0, 0.05) is 38.4 Å². The van der Waals surface area contributed by atoms with Crippen LogP contribution < -0.4 is 4.74 Å². The standard InChI is InChI=1S/C16H23FN2O2/c1-12(2)6-7-16(20)19-10-8-13(9-11-19)21-15-5-3-4-14(17)18-15/h3-5,12-13H,6-11H2,1-2H3. The Labute approximate surface area is 125 Å². The van der Waals surface area contributed by atoms with Crippen molar-refractivity contribution >= 4 is 5.91 Å². The molecule has 0 radical (unpaired) electrons. The summed E-state index contributed by atoms with van der Waals surface area (Å²) in [5.74, 6) is 0.563. The Morgan fingerprint density at radius 2 is 2.14 bits per heavy atom. The van der Waals surface area contributed by atoms with Gasteiger partial charge in [-0.05, 0) is 18.4 Å². The molecule has 21 heavy (non-hydrogen) atoms. The van der Waals surface area contributed by atoms with Crippen molar-refractivity contribution in [3.8, 4) is 5.88 Å². The highest BCUT2D eigenvalue weighted by molar-refractivity contribution is 5.76. The predicted molar refractivity (Wildman–Crippen MR) is 78.5 cm³/mol. The van der Waals surface area contributed by atoms with Crippen LogP contribution in [0.1, 0.15) is 39.5 Å². The molecule has 0 atom stereocenters. The summed E-state index contributed by atoms with van der Waals surface area (Å²) in [6, 6.07) is 4.54. The average molecular weight is 294 g/mol. The molecule has 0 saturated carbocycles. The number of piperidine rings is 1. The molecule has 116 valence electrons. The van der Waals surface area contributed by atoms with E-state index in [0.717, 1.165) is 19.3 Å². The lowest BCUT2D eigenvalue weighted by Crippen LogP contribution is -2.41. The van der Waals surface area contributed by atoms with E-state index in [4.69, 9.17) is 4.74 Å². The number of amides is 1. The lowest BCUT2D eigenvalue weighted by Gasteiger charge is -2.32. The van der Waals surface area contributed by atoms with Gasteiger partial charge in [0.15, 0.2) is 0 Å². The quantitative estimate of drug-likeness (QED) is 0.784. The van der Waals surface area contributed by atoms with E-state index in [1.165, 1.54) is 6.07 Å². The van der Waals surface area contributed by atoms with Crippen molar-refractivity contribution in [2.45, 2.75) is 45.6 Å². The molecule has 1 saturated heterocycles. The highest BCUT2D eigenvalue weighted by atomic mass is 19.1. The van der Waals surface area contributed by atoms with E-state index in [-0.39, 0.29) is 12.0 Å². The monoisotopic (exact) mass is 294 g/mol. The van der Waals surface area contributed by atoms with Crippen molar-refractivity contribution in [2.24, 2.45) is 5.92 Å². The van der Waals surface area contributed by atoms with E-state index in [1.807, 2.05) is 4.90 Å². The van der Waals surface area contributed by atoms with Crippen molar-refractivity contribution in [1.82, 2.24) is 9.88 Å². The fourth-order valence-corrected chi connectivity index (χ4v) is 2.42. The van der Waals surface area contributed by atoms with Crippen LogP contribution in [0, 0.1) is 11.9 Å². The molecule has 5 heteroatoms. The normalized spacial score (nSPS) is 16.3. The summed E-state index contributed by atoms with van der Waals surface area (Å²) in [6.45, 7) is 5.66. The van der Waals surface area contributed by atoms with Gasteiger partial charge in [-0.25, -0.2) is 0 Å². The third-order valence-corrected chi connectivity index (χ3v) is 3.71. The van der Waals surface area contributed by atoms with Gasteiger partial charge < -0.3 is 9.64 Å². The minimum atomic E-state index is -0.534. The molecule has 0 unspecified atom stereocenters. The molecule has 4 nitrogen and oxygen atoms in total. The number of hydrogen-bond acceptors (Lipinski definition) is 3. The fourth-order valence-electron chi connectivity index (χ4n) is 2.42. The number of pyridine rings is 1. The van der Waals surface area contributed by atoms with Gasteiger partial charge in [-0.3, -0.25) is 4.79 Å². The van der Waals surface area contributed by atoms with Crippen molar-refractivity contribution in [1.29, 1.82) is 0 Å². The number of halogens is 1. The Morgan fingerprint density at radius 1 is 1.43 bits per heavy atom. The van der Waals surface area contributed by atoms with Gasteiger partial charge in [0.2, 0.25) is 17.7 Å². The van der Waals surface area contributed by atoms with E-state index >= 15 is 0 Å². The number of likely N-dealkylation sites (tertiary alicyclic amines) is 1. The highest BCUT2D eigenvalue weighted by Gasteiger charge is 2.24. The first kappa shape index (κ1) is 15.7. The van der Waals surface area contributed by atoms with Gasteiger partial charge in [0.25, 0.3) is 0 Å². The van der Waals surface area contributed by atoms with Gasteiger partial charge >= 0.3 is 0 Å². The van der Waals surface area contributed by atoms with Crippen LogP contribution >= 0.6 is 0 Å². The largest absolute Gasteiger partial charge is 0.474 e. The molecular formula is C16H23FN2O2. The Balaban J connectivity index is 1.76. The smallest absolute Gasteiger partial charge is 0.222 e. The maximum Gasteiger partial charge on any atom is 0.222 e. The summed E-state index contributed by atoms with van der Waals surface area (Å²) >= 11 is 0. The molecule has 1 aliphatic rings. The predicted octanol–water partition coefficient (Wildman–Crippen LogP) is 3.03. The highest BCUT2D eigenvalue weighted by Crippen LogP contribution is 2.18. The Bertz CT molecular complexity index is 471. The fraction of sp³-hybridized carbons (Fsp3) is 0.625. The topological polar surface area (TPSA) is 42.4 Å². The summed E-state index contributed by atoms with van der Waals surface area (Å²) in [5, 5.41) is 0. The molecule has 0 N–H and O–H groups in total. The first-order chi connectivity index (χ1) is 10.0. The zero-order chi connectivity index (χ0) is 15.2. The van der Waals surface area contributed by atoms with Crippen LogP contribution in [0.5, 0.6) is 5.88 Å². The maximum absolute atomic E-state index is 13.0. The van der Waals surface area contributed by atoms with E-state index in [2.05, 4.69) is 18.8 Å². The number of carbonyl (C=O) groups excluding carboxylic acids is 1. The number of nitrogens with zero attached hydrogens (tertiary/aromatic N) is 2. The van der Waals surface area contributed by atoms with Crippen molar-refractivity contribution in [3.63, 3.8) is 0 Å². The summed E-state index contributed by atoms with van der Waals surface area (Å²) < 4.78 is 18.7. The van der Waals surface area contributed by atoms with Crippen molar-refractivity contribution in [3.05, 3.63) is 24.1 Å². The minimum Gasteiger partial charge on any atom is -0.474 e.